The van der Waals surface area contributed by atoms with Gasteiger partial charge in [0.1, 0.15) is 11.7 Å². The van der Waals surface area contributed by atoms with Crippen LogP contribution in [-0.2, 0) is 4.79 Å². The largest absolute Gasteiger partial charge is 0.472 e. The summed E-state index contributed by atoms with van der Waals surface area (Å²) >= 11 is 0. The first-order valence-electron chi connectivity index (χ1n) is 11.1. The smallest absolute Gasteiger partial charge is 0.259 e. The van der Waals surface area contributed by atoms with Crippen molar-refractivity contribution in [1.29, 1.82) is 5.26 Å². The molecule has 8 nitrogen and oxygen atoms in total. The Bertz CT molecular complexity index is 1050. The highest BCUT2D eigenvalue weighted by atomic mass is 16.5. The molecule has 3 atom stereocenters. The number of nitrogens with zero attached hydrogens (tertiary/aromatic N) is 4. The Morgan fingerprint density at radius 1 is 1.36 bits per heavy atom. The van der Waals surface area contributed by atoms with Crippen LogP contribution in [0.3, 0.4) is 0 Å². The molecule has 33 heavy (non-hydrogen) atoms. The summed E-state index contributed by atoms with van der Waals surface area (Å²) < 4.78 is 6.22. The number of likely N-dealkylation sites (N-methyl/N-ethyl adjacent to an activating group) is 1. The fourth-order valence-corrected chi connectivity index (χ4v) is 3.86. The van der Waals surface area contributed by atoms with Crippen LogP contribution < -0.4 is 4.74 Å². The van der Waals surface area contributed by atoms with Gasteiger partial charge in [-0.05, 0) is 30.7 Å². The summed E-state index contributed by atoms with van der Waals surface area (Å²) in [5.74, 6) is -0.142. The molecule has 0 spiro atoms. The van der Waals surface area contributed by atoms with E-state index in [1.807, 2.05) is 13.8 Å². The number of carbonyl (C=O) groups is 2. The van der Waals surface area contributed by atoms with Gasteiger partial charge in [0.2, 0.25) is 11.8 Å². The second-order valence-corrected chi connectivity index (χ2v) is 8.52. The number of rotatable bonds is 6. The predicted octanol–water partition coefficient (Wildman–Crippen LogP) is 2.71. The van der Waals surface area contributed by atoms with Gasteiger partial charge < -0.3 is 19.6 Å². The van der Waals surface area contributed by atoms with Gasteiger partial charge in [-0.1, -0.05) is 26.0 Å². The average Bonchev–Trinajstić information content (AvgIpc) is 2.84. The van der Waals surface area contributed by atoms with Crippen LogP contribution in [0.2, 0.25) is 0 Å². The molecule has 1 N–H and O–H groups in total. The molecule has 0 fully saturated rings. The second-order valence-electron chi connectivity index (χ2n) is 8.52. The van der Waals surface area contributed by atoms with Crippen molar-refractivity contribution in [3.8, 4) is 23.1 Å². The van der Waals surface area contributed by atoms with Crippen LogP contribution in [0.1, 0.15) is 43.1 Å². The fraction of sp³-hybridized carbons (Fsp3) is 0.440. The molecule has 0 unspecified atom stereocenters. The van der Waals surface area contributed by atoms with Crippen LogP contribution in [0, 0.1) is 17.2 Å². The Kier molecular flexibility index (Phi) is 7.67. The lowest BCUT2D eigenvalue weighted by Crippen LogP contribution is -2.50. The highest BCUT2D eigenvalue weighted by Gasteiger charge is 2.34. The zero-order valence-electron chi connectivity index (χ0n) is 19.5. The van der Waals surface area contributed by atoms with Gasteiger partial charge in [0.05, 0.1) is 30.8 Å². The van der Waals surface area contributed by atoms with E-state index in [4.69, 9.17) is 10.00 Å². The number of aliphatic hydroxyl groups excluding tert-OH is 1. The van der Waals surface area contributed by atoms with E-state index < -0.39 is 0 Å². The summed E-state index contributed by atoms with van der Waals surface area (Å²) in [6, 6.07) is 10.5. The lowest BCUT2D eigenvalue weighted by molar-refractivity contribution is -0.131. The minimum Gasteiger partial charge on any atom is -0.472 e. The van der Waals surface area contributed by atoms with E-state index in [0.29, 0.717) is 30.6 Å². The maximum absolute atomic E-state index is 13.5. The zero-order valence-corrected chi connectivity index (χ0v) is 19.5. The topological polar surface area (TPSA) is 107 Å². The van der Waals surface area contributed by atoms with E-state index >= 15 is 0 Å². The number of aliphatic hydroxyl groups is 1. The maximum Gasteiger partial charge on any atom is 0.259 e. The normalized spacial score (nSPS) is 18.9. The van der Waals surface area contributed by atoms with Crippen LogP contribution in [0.5, 0.6) is 5.88 Å². The van der Waals surface area contributed by atoms with Gasteiger partial charge in [0, 0.05) is 37.7 Å². The molecule has 1 aliphatic heterocycles. The van der Waals surface area contributed by atoms with Gasteiger partial charge in [-0.25, -0.2) is 4.98 Å². The summed E-state index contributed by atoms with van der Waals surface area (Å²) in [5.41, 5.74) is 2.38. The summed E-state index contributed by atoms with van der Waals surface area (Å²) in [6.07, 6.45) is 1.66. The molecule has 174 valence electrons. The number of nitriles is 1. The van der Waals surface area contributed by atoms with Crippen molar-refractivity contribution in [2.75, 3.05) is 26.7 Å². The van der Waals surface area contributed by atoms with Crippen LogP contribution in [0.15, 0.2) is 36.5 Å². The number of fused-ring (bicyclic) bond motifs is 1. The Hall–Kier alpha value is -3.44. The number of amides is 2. The standard InChI is InChI=1S/C25H30N4O4/c1-5-23(31)28(4)14-22-16(2)13-29(17(3)15-30)25(32)21-10-20(12-27-24(21)33-22)19-8-6-18(11-26)7-9-19/h6-10,12,16-17,22,30H,5,13-15H2,1-4H3/t16-,17+,22-/m1/s1. The SMILES string of the molecule is CCC(=O)N(C)C[C@H]1Oc2ncc(-c3ccc(C#N)cc3)cc2C(=O)N([C@@H](C)CO)C[C@H]1C. The summed E-state index contributed by atoms with van der Waals surface area (Å²) in [7, 11) is 1.74. The van der Waals surface area contributed by atoms with Crippen molar-refractivity contribution in [2.24, 2.45) is 5.92 Å². The number of ether oxygens (including phenoxy) is 1. The molecule has 0 bridgehead atoms. The number of benzene rings is 1. The summed E-state index contributed by atoms with van der Waals surface area (Å²) in [5, 5.41) is 18.8. The Balaban J connectivity index is 2.03. The number of hydrogen-bond acceptors (Lipinski definition) is 6. The van der Waals surface area contributed by atoms with Crippen LogP contribution in [-0.4, -0.2) is 70.6 Å². The van der Waals surface area contributed by atoms with E-state index in [-0.39, 0.29) is 42.4 Å². The quantitative estimate of drug-likeness (QED) is 0.725. The minimum absolute atomic E-state index is 0.00821. The van der Waals surface area contributed by atoms with Gasteiger partial charge in [0.25, 0.3) is 5.91 Å². The summed E-state index contributed by atoms with van der Waals surface area (Å²) in [4.78, 5) is 33.4. The minimum atomic E-state index is -0.389. The van der Waals surface area contributed by atoms with E-state index in [1.54, 1.807) is 60.3 Å². The van der Waals surface area contributed by atoms with E-state index in [9.17, 15) is 14.7 Å². The van der Waals surface area contributed by atoms with Gasteiger partial charge in [-0.15, -0.1) is 0 Å². The van der Waals surface area contributed by atoms with Crippen molar-refractivity contribution in [3.63, 3.8) is 0 Å². The lowest BCUT2D eigenvalue weighted by Gasteiger charge is -2.37. The third kappa shape index (κ3) is 5.32. The van der Waals surface area contributed by atoms with E-state index in [0.717, 1.165) is 11.1 Å². The van der Waals surface area contributed by atoms with Crippen LogP contribution in [0.4, 0.5) is 0 Å². The first-order chi connectivity index (χ1) is 15.8. The molecule has 0 saturated heterocycles. The van der Waals surface area contributed by atoms with Crippen molar-refractivity contribution in [1.82, 2.24) is 14.8 Å². The molecular formula is C25H30N4O4. The molecule has 0 radical (unpaired) electrons. The molecule has 1 aliphatic rings. The molecule has 8 heteroatoms. The molecule has 0 saturated carbocycles. The third-order valence-electron chi connectivity index (χ3n) is 6.05. The summed E-state index contributed by atoms with van der Waals surface area (Å²) in [6.45, 7) is 6.14. The maximum atomic E-state index is 13.5. The fourth-order valence-electron chi connectivity index (χ4n) is 3.86. The average molecular weight is 451 g/mol. The molecule has 2 amide bonds. The number of pyridine rings is 1. The van der Waals surface area contributed by atoms with E-state index in [1.165, 1.54) is 0 Å². The first-order valence-corrected chi connectivity index (χ1v) is 11.1. The lowest BCUT2D eigenvalue weighted by atomic mass is 9.99. The molecular weight excluding hydrogens is 420 g/mol. The van der Waals surface area contributed by atoms with Crippen molar-refractivity contribution < 1.29 is 19.4 Å². The Morgan fingerprint density at radius 2 is 2.06 bits per heavy atom. The van der Waals surface area contributed by atoms with Crippen molar-refractivity contribution >= 4 is 11.8 Å². The highest BCUT2D eigenvalue weighted by Crippen LogP contribution is 2.30. The molecule has 0 aliphatic carbocycles. The molecule has 1 aromatic heterocycles. The molecule has 2 aromatic rings. The molecule has 3 rings (SSSR count). The van der Waals surface area contributed by atoms with Gasteiger partial charge in [0.15, 0.2) is 0 Å². The van der Waals surface area contributed by atoms with Crippen molar-refractivity contribution in [3.05, 3.63) is 47.7 Å². The highest BCUT2D eigenvalue weighted by molar-refractivity contribution is 5.98. The molecule has 1 aromatic carbocycles. The Morgan fingerprint density at radius 3 is 2.67 bits per heavy atom. The van der Waals surface area contributed by atoms with E-state index in [2.05, 4.69) is 11.1 Å². The van der Waals surface area contributed by atoms with Crippen molar-refractivity contribution in [2.45, 2.75) is 39.3 Å². The zero-order chi connectivity index (χ0) is 24.1. The van der Waals surface area contributed by atoms with Gasteiger partial charge in [-0.2, -0.15) is 5.26 Å². The van der Waals surface area contributed by atoms with Crippen LogP contribution in [0.25, 0.3) is 11.1 Å². The van der Waals surface area contributed by atoms with Crippen LogP contribution >= 0.6 is 0 Å². The number of hydrogen-bond donors (Lipinski definition) is 1. The first kappa shape index (κ1) is 24.2. The number of carbonyl (C=O) groups excluding carboxylic acids is 2. The third-order valence-corrected chi connectivity index (χ3v) is 6.05. The monoisotopic (exact) mass is 450 g/mol. The Labute approximate surface area is 194 Å². The number of aromatic nitrogens is 1. The second kappa shape index (κ2) is 10.5. The van der Waals surface area contributed by atoms with Gasteiger partial charge >= 0.3 is 0 Å². The van der Waals surface area contributed by atoms with Gasteiger partial charge in [-0.3, -0.25) is 9.59 Å². The molecule has 2 heterocycles. The predicted molar refractivity (Wildman–Crippen MR) is 123 cm³/mol.